The molecule has 1 aliphatic heterocycles. The highest BCUT2D eigenvalue weighted by molar-refractivity contribution is 5.84. The van der Waals surface area contributed by atoms with Crippen molar-refractivity contribution in [2.45, 2.75) is 31.7 Å². The zero-order valence-corrected chi connectivity index (χ0v) is 21.2. The first-order valence-electron chi connectivity index (χ1n) is 12.0. The van der Waals surface area contributed by atoms with Crippen LogP contribution in [0.25, 0.3) is 11.1 Å². The number of nitrogens with two attached hydrogens (primary N) is 1. The molecule has 1 aliphatic rings. The van der Waals surface area contributed by atoms with E-state index in [0.717, 1.165) is 23.1 Å². The third-order valence-corrected chi connectivity index (χ3v) is 6.15. The quantitative estimate of drug-likeness (QED) is 0.409. The largest absolute Gasteiger partial charge is 0.573 e. The van der Waals surface area contributed by atoms with E-state index in [9.17, 15) is 23.1 Å². The Hall–Kier alpha value is -4.36. The minimum Gasteiger partial charge on any atom is -0.496 e. The maximum atomic E-state index is 12.4. The van der Waals surface area contributed by atoms with E-state index in [-0.39, 0.29) is 12.2 Å². The predicted octanol–water partition coefficient (Wildman–Crippen LogP) is 4.95. The molecule has 0 amide bonds. The summed E-state index contributed by atoms with van der Waals surface area (Å²) < 4.78 is 58.5. The summed E-state index contributed by atoms with van der Waals surface area (Å²) in [4.78, 5) is 11.3. The van der Waals surface area contributed by atoms with Crippen LogP contribution in [0.4, 0.5) is 13.2 Å². The summed E-state index contributed by atoms with van der Waals surface area (Å²) in [5.74, 6) is 6.07. The van der Waals surface area contributed by atoms with Gasteiger partial charge >= 0.3 is 12.3 Å². The molecule has 0 fully saturated rings. The predicted molar refractivity (Wildman–Crippen MR) is 137 cm³/mol. The number of ether oxygens (including phenoxy) is 4. The normalized spacial score (nSPS) is 13.3. The topological polar surface area (TPSA) is 100 Å². The van der Waals surface area contributed by atoms with Crippen LogP contribution in [0, 0.1) is 11.8 Å². The molecule has 1 atom stereocenters. The fraction of sp³-hybridized carbons (Fsp3) is 0.276. The number of halogens is 3. The van der Waals surface area contributed by atoms with E-state index in [1.807, 2.05) is 12.1 Å². The van der Waals surface area contributed by atoms with E-state index >= 15 is 0 Å². The third-order valence-electron chi connectivity index (χ3n) is 6.15. The zero-order valence-electron chi connectivity index (χ0n) is 21.2. The second-order valence-electron chi connectivity index (χ2n) is 8.76. The van der Waals surface area contributed by atoms with Gasteiger partial charge in [-0.3, -0.25) is 4.79 Å². The van der Waals surface area contributed by atoms with E-state index < -0.39 is 18.4 Å². The zero-order chi connectivity index (χ0) is 28.2. The van der Waals surface area contributed by atoms with Gasteiger partial charge in [-0.05, 0) is 66.8 Å². The summed E-state index contributed by atoms with van der Waals surface area (Å²) in [7, 11) is 3.03. The Balaban J connectivity index is 1.71. The van der Waals surface area contributed by atoms with Gasteiger partial charge in [0.1, 0.15) is 29.0 Å². The van der Waals surface area contributed by atoms with E-state index in [1.54, 1.807) is 12.1 Å². The molecule has 3 aromatic rings. The minimum atomic E-state index is -4.77. The average molecular weight is 542 g/mol. The SMILES string of the molecule is COc1cc(C#Cc2ccc(OC(F)(F)F)cc2)cc(OC)c1-c1ccc(CC(N)C(=O)O)c2c1OCCC2. The molecule has 0 saturated carbocycles. The van der Waals surface area contributed by atoms with Gasteiger partial charge in [0.25, 0.3) is 0 Å². The third kappa shape index (κ3) is 6.56. The highest BCUT2D eigenvalue weighted by Crippen LogP contribution is 2.46. The number of hydrogen-bond acceptors (Lipinski definition) is 6. The molecule has 0 spiro atoms. The Morgan fingerprint density at radius 1 is 1.05 bits per heavy atom. The van der Waals surface area contributed by atoms with Crippen molar-refractivity contribution in [2.24, 2.45) is 5.73 Å². The van der Waals surface area contributed by atoms with Crippen molar-refractivity contribution in [3.05, 3.63) is 70.8 Å². The van der Waals surface area contributed by atoms with Crippen LogP contribution >= 0.6 is 0 Å². The van der Waals surface area contributed by atoms with Crippen molar-refractivity contribution >= 4 is 5.97 Å². The Morgan fingerprint density at radius 3 is 2.28 bits per heavy atom. The minimum absolute atomic E-state index is 0.174. The summed E-state index contributed by atoms with van der Waals surface area (Å²) >= 11 is 0. The maximum Gasteiger partial charge on any atom is 0.573 e. The van der Waals surface area contributed by atoms with Crippen molar-refractivity contribution in [1.29, 1.82) is 0 Å². The van der Waals surface area contributed by atoms with Crippen LogP contribution in [0.2, 0.25) is 0 Å². The monoisotopic (exact) mass is 541 g/mol. The van der Waals surface area contributed by atoms with Crippen LogP contribution in [0.15, 0.2) is 48.5 Å². The lowest BCUT2D eigenvalue weighted by molar-refractivity contribution is -0.274. The molecule has 4 rings (SSSR count). The lowest BCUT2D eigenvalue weighted by Crippen LogP contribution is -2.32. The lowest BCUT2D eigenvalue weighted by Gasteiger charge is -2.25. The molecule has 0 radical (unpaired) electrons. The molecule has 204 valence electrons. The average Bonchev–Trinajstić information content (AvgIpc) is 2.91. The molecule has 0 aromatic heterocycles. The van der Waals surface area contributed by atoms with Gasteiger partial charge in [-0.2, -0.15) is 0 Å². The van der Waals surface area contributed by atoms with Crippen LogP contribution in [0.5, 0.6) is 23.0 Å². The molecule has 0 saturated heterocycles. The van der Waals surface area contributed by atoms with E-state index in [0.29, 0.717) is 47.0 Å². The molecule has 3 N–H and O–H groups in total. The van der Waals surface area contributed by atoms with E-state index in [2.05, 4.69) is 16.6 Å². The van der Waals surface area contributed by atoms with E-state index in [4.69, 9.17) is 19.9 Å². The van der Waals surface area contributed by atoms with Gasteiger partial charge in [-0.15, -0.1) is 13.2 Å². The molecule has 0 aliphatic carbocycles. The fourth-order valence-corrected chi connectivity index (χ4v) is 4.38. The molecule has 1 heterocycles. The second kappa shape index (κ2) is 11.6. The number of carbonyl (C=O) groups is 1. The molecule has 0 bridgehead atoms. The number of rotatable bonds is 7. The van der Waals surface area contributed by atoms with Crippen molar-refractivity contribution in [2.75, 3.05) is 20.8 Å². The summed E-state index contributed by atoms with van der Waals surface area (Å²) in [6, 6.07) is 11.4. The van der Waals surface area contributed by atoms with Crippen molar-refractivity contribution < 1.29 is 42.0 Å². The maximum absolute atomic E-state index is 12.4. The van der Waals surface area contributed by atoms with Gasteiger partial charge in [0.15, 0.2) is 0 Å². The fourth-order valence-electron chi connectivity index (χ4n) is 4.38. The van der Waals surface area contributed by atoms with Gasteiger partial charge in [-0.25, -0.2) is 0 Å². The first kappa shape index (κ1) is 27.7. The van der Waals surface area contributed by atoms with Crippen LogP contribution in [-0.4, -0.2) is 44.3 Å². The number of alkyl halides is 3. The van der Waals surface area contributed by atoms with Crippen molar-refractivity contribution in [1.82, 2.24) is 0 Å². The van der Waals surface area contributed by atoms with Gasteiger partial charge in [0, 0.05) is 16.7 Å². The molecule has 1 unspecified atom stereocenters. The first-order valence-corrected chi connectivity index (χ1v) is 12.0. The van der Waals surface area contributed by atoms with Gasteiger partial charge in [-0.1, -0.05) is 24.0 Å². The number of benzene rings is 3. The van der Waals surface area contributed by atoms with Crippen LogP contribution in [-0.2, 0) is 17.6 Å². The van der Waals surface area contributed by atoms with Crippen molar-refractivity contribution in [3.63, 3.8) is 0 Å². The highest BCUT2D eigenvalue weighted by atomic mass is 19.4. The van der Waals surface area contributed by atoms with Crippen LogP contribution in [0.1, 0.15) is 28.7 Å². The Bertz CT molecular complexity index is 1400. The molecule has 10 heteroatoms. The van der Waals surface area contributed by atoms with Gasteiger partial charge < -0.3 is 29.8 Å². The summed E-state index contributed by atoms with van der Waals surface area (Å²) in [5, 5.41) is 9.26. The smallest absolute Gasteiger partial charge is 0.496 e. The van der Waals surface area contributed by atoms with Crippen molar-refractivity contribution in [3.8, 4) is 46.0 Å². The summed E-state index contributed by atoms with van der Waals surface area (Å²) in [6.07, 6.45) is -3.09. The van der Waals surface area contributed by atoms with Crippen LogP contribution in [0.3, 0.4) is 0 Å². The summed E-state index contributed by atoms with van der Waals surface area (Å²) in [6.45, 7) is 0.509. The second-order valence-corrected chi connectivity index (χ2v) is 8.76. The Labute approximate surface area is 223 Å². The Kier molecular flexibility index (Phi) is 8.21. The number of carboxylic acids is 1. The van der Waals surface area contributed by atoms with Gasteiger partial charge in [0.2, 0.25) is 0 Å². The number of methoxy groups -OCH3 is 2. The standard InChI is InChI=1S/C29H26F3NO6/c1-36-24-14-18(6-5-17-7-10-20(11-8-17)39-29(30,31)32)15-25(37-2)26(24)22-12-9-19(16-23(33)28(34)35)21-4-3-13-38-27(21)22/h7-12,14-15,23H,3-4,13,16,33H2,1-2H3,(H,34,35). The number of aliphatic carboxylic acids is 1. The molecular formula is C29H26F3NO6. The number of hydrogen-bond donors (Lipinski definition) is 2. The molecular weight excluding hydrogens is 515 g/mol. The van der Waals surface area contributed by atoms with Gasteiger partial charge in [0.05, 0.1) is 26.4 Å². The summed E-state index contributed by atoms with van der Waals surface area (Å²) in [5.41, 5.74) is 9.94. The number of fused-ring (bicyclic) bond motifs is 1. The Morgan fingerprint density at radius 2 is 1.69 bits per heavy atom. The first-order chi connectivity index (χ1) is 18.6. The molecule has 39 heavy (non-hydrogen) atoms. The highest BCUT2D eigenvalue weighted by Gasteiger charge is 2.31. The number of carboxylic acid groups (broad SMARTS) is 1. The molecule has 3 aromatic carbocycles. The van der Waals surface area contributed by atoms with E-state index in [1.165, 1.54) is 38.5 Å². The lowest BCUT2D eigenvalue weighted by atomic mass is 9.89. The molecule has 7 nitrogen and oxygen atoms in total. The van der Waals surface area contributed by atoms with Crippen LogP contribution < -0.4 is 24.7 Å².